The maximum atomic E-state index is 12.7. The van der Waals surface area contributed by atoms with Gasteiger partial charge in [-0.25, -0.2) is 0 Å². The van der Waals surface area contributed by atoms with E-state index >= 15 is 0 Å². The van der Waals surface area contributed by atoms with E-state index in [2.05, 4.69) is 4.72 Å². The molecule has 0 spiro atoms. The Hall–Kier alpha value is -0.795. The predicted octanol–water partition coefficient (Wildman–Crippen LogP) is -3.10. The van der Waals surface area contributed by atoms with E-state index in [-0.39, 0.29) is 32.4 Å². The Labute approximate surface area is 153 Å². The van der Waals surface area contributed by atoms with Crippen molar-refractivity contribution in [2.24, 2.45) is 17.4 Å². The summed E-state index contributed by atoms with van der Waals surface area (Å²) in [5, 5.41) is 27.3. The Bertz CT molecular complexity index is 607. The molecule has 4 atom stereocenters. The number of nitrogens with one attached hydrogen (secondary N) is 1. The highest BCUT2D eigenvalue weighted by Gasteiger charge is 2.52. The minimum Gasteiger partial charge on any atom is -0.480 e. The van der Waals surface area contributed by atoms with Gasteiger partial charge < -0.3 is 31.4 Å². The summed E-state index contributed by atoms with van der Waals surface area (Å²) in [6.07, 6.45) is 1.08. The maximum absolute atomic E-state index is 12.7. The normalized spacial score (nSPS) is 33.3. The van der Waals surface area contributed by atoms with Crippen LogP contribution < -0.4 is 16.2 Å². The number of carbonyl (C=O) groups is 1. The lowest BCUT2D eigenvalue weighted by Crippen LogP contribution is -2.57. The molecule has 2 saturated heterocycles. The third kappa shape index (κ3) is 4.92. The second-order valence-corrected chi connectivity index (χ2v) is 8.71. The van der Waals surface area contributed by atoms with Gasteiger partial charge in [0.15, 0.2) is 0 Å². The summed E-state index contributed by atoms with van der Waals surface area (Å²) in [6.45, 7) is 0.221. The molecule has 0 aromatic heterocycles. The first-order valence-corrected chi connectivity index (χ1v) is 9.99. The van der Waals surface area contributed by atoms with Gasteiger partial charge in [0.05, 0.1) is 6.61 Å². The van der Waals surface area contributed by atoms with Gasteiger partial charge in [0.2, 0.25) is 0 Å². The Balaban J connectivity index is 2.07. The Kier molecular flexibility index (Phi) is 7.01. The summed E-state index contributed by atoms with van der Waals surface area (Å²) in [5.41, 5.74) is 10.1. The lowest BCUT2D eigenvalue weighted by Gasteiger charge is -2.30. The van der Waals surface area contributed by atoms with Gasteiger partial charge in [-0.1, -0.05) is 6.42 Å². The highest BCUT2D eigenvalue weighted by Crippen LogP contribution is 2.32. The smallest absolute Gasteiger partial charge is 0.451 e. The second-order valence-electron chi connectivity index (χ2n) is 7.00. The Morgan fingerprint density at radius 1 is 1.42 bits per heavy atom. The predicted molar refractivity (Wildman–Crippen MR) is 93.1 cm³/mol. The van der Waals surface area contributed by atoms with Crippen molar-refractivity contribution in [1.29, 1.82) is 0 Å². The largest absolute Gasteiger partial charge is 0.480 e. The van der Waals surface area contributed by atoms with Crippen molar-refractivity contribution < 1.29 is 33.1 Å². The van der Waals surface area contributed by atoms with Crippen LogP contribution in [-0.4, -0.2) is 84.9 Å². The molecule has 2 fully saturated rings. The molecule has 2 rings (SSSR count). The second kappa shape index (κ2) is 8.48. The fourth-order valence-electron chi connectivity index (χ4n) is 3.39. The van der Waals surface area contributed by atoms with E-state index in [1.165, 1.54) is 0 Å². The van der Waals surface area contributed by atoms with Crippen molar-refractivity contribution in [3.63, 3.8) is 0 Å². The molecule has 0 saturated carbocycles. The van der Waals surface area contributed by atoms with Crippen LogP contribution in [0.1, 0.15) is 19.3 Å². The molecule has 0 bridgehead atoms. The van der Waals surface area contributed by atoms with Crippen LogP contribution >= 0.6 is 0 Å². The monoisotopic (exact) mass is 394 g/mol. The zero-order valence-electron chi connectivity index (χ0n) is 14.5. The van der Waals surface area contributed by atoms with Gasteiger partial charge >= 0.3 is 13.1 Å². The van der Waals surface area contributed by atoms with Gasteiger partial charge in [-0.05, 0) is 19.2 Å². The first-order valence-electron chi connectivity index (χ1n) is 8.55. The van der Waals surface area contributed by atoms with Crippen LogP contribution in [0.15, 0.2) is 0 Å². The van der Waals surface area contributed by atoms with E-state index in [9.17, 15) is 18.3 Å². The minimum absolute atomic E-state index is 0.0574. The van der Waals surface area contributed by atoms with E-state index in [1.807, 2.05) is 0 Å². The topological polar surface area (TPSA) is 188 Å². The number of hydrogen-bond donors (Lipinski definition) is 6. The fourth-order valence-corrected chi connectivity index (χ4v) is 4.97. The highest BCUT2D eigenvalue weighted by atomic mass is 32.2. The van der Waals surface area contributed by atoms with Crippen LogP contribution in [0.25, 0.3) is 0 Å². The zero-order valence-corrected chi connectivity index (χ0v) is 15.3. The average molecular weight is 394 g/mol. The molecule has 13 heteroatoms. The molecule has 150 valence electrons. The molecule has 0 amide bonds. The summed E-state index contributed by atoms with van der Waals surface area (Å²) in [5.74, 6) is -1.92. The number of hydrogen-bond acceptors (Lipinski definition) is 8. The van der Waals surface area contributed by atoms with Crippen molar-refractivity contribution in [3.05, 3.63) is 0 Å². The van der Waals surface area contributed by atoms with E-state index in [0.29, 0.717) is 19.4 Å². The van der Waals surface area contributed by atoms with Gasteiger partial charge in [0.1, 0.15) is 5.54 Å². The lowest BCUT2D eigenvalue weighted by molar-refractivity contribution is -0.144. The van der Waals surface area contributed by atoms with Crippen LogP contribution in [0.5, 0.6) is 0 Å². The van der Waals surface area contributed by atoms with Gasteiger partial charge in [-0.3, -0.25) is 4.79 Å². The molecule has 0 radical (unpaired) electrons. The first kappa shape index (κ1) is 21.5. The van der Waals surface area contributed by atoms with Crippen molar-refractivity contribution in [2.75, 3.05) is 26.3 Å². The van der Waals surface area contributed by atoms with Gasteiger partial charge in [0, 0.05) is 37.7 Å². The van der Waals surface area contributed by atoms with Crippen LogP contribution in [0.4, 0.5) is 0 Å². The molecule has 2 aliphatic rings. The Morgan fingerprint density at radius 2 is 2.12 bits per heavy atom. The third-order valence-electron chi connectivity index (χ3n) is 5.04. The molecule has 8 N–H and O–H groups in total. The minimum atomic E-state index is -3.97. The summed E-state index contributed by atoms with van der Waals surface area (Å²) >= 11 is 0. The van der Waals surface area contributed by atoms with Crippen LogP contribution in [0, 0.1) is 5.92 Å². The SMILES string of the molecule is NC1COCCC1NS(=O)(=O)N1C[C@H](CCCB(O)O)[C@](N)(C(=O)O)C1. The standard InChI is InChI=1S/C13H27BN4O7S/c15-10-7-25-5-3-11(10)17-26(23,24)18-6-9(2-1-4-14(21)22)13(16,8-18)12(19)20/h9-11,17,21-22H,1-8,15-16H2,(H,19,20)/t9-,10?,11?,13-/m0/s1. The number of rotatable bonds is 8. The van der Waals surface area contributed by atoms with Gasteiger partial charge in [-0.2, -0.15) is 17.4 Å². The molecular formula is C13H27BN4O7S. The molecule has 26 heavy (non-hydrogen) atoms. The molecule has 0 aromatic rings. The van der Waals surface area contributed by atoms with E-state index in [0.717, 1.165) is 4.31 Å². The third-order valence-corrected chi connectivity index (χ3v) is 6.60. The fraction of sp³-hybridized carbons (Fsp3) is 0.923. The number of nitrogens with two attached hydrogens (primary N) is 2. The highest BCUT2D eigenvalue weighted by molar-refractivity contribution is 7.87. The molecule has 2 unspecified atom stereocenters. The summed E-state index contributed by atoms with van der Waals surface area (Å²) in [6, 6.07) is -0.973. The molecule has 11 nitrogen and oxygen atoms in total. The van der Waals surface area contributed by atoms with E-state index in [4.69, 9.17) is 26.3 Å². The van der Waals surface area contributed by atoms with Crippen molar-refractivity contribution in [3.8, 4) is 0 Å². The van der Waals surface area contributed by atoms with Crippen molar-refractivity contribution in [1.82, 2.24) is 9.03 Å². The molecule has 2 aliphatic heterocycles. The number of carboxylic acid groups (broad SMARTS) is 1. The van der Waals surface area contributed by atoms with E-state index < -0.39 is 46.8 Å². The molecule has 0 aliphatic carbocycles. The first-order chi connectivity index (χ1) is 12.1. The number of carboxylic acids is 1. The van der Waals surface area contributed by atoms with Gasteiger partial charge in [0.25, 0.3) is 10.2 Å². The van der Waals surface area contributed by atoms with Crippen LogP contribution in [0.2, 0.25) is 6.32 Å². The average Bonchev–Trinajstić information content (AvgIpc) is 2.89. The molecule has 0 aromatic carbocycles. The Morgan fingerprint density at radius 3 is 2.69 bits per heavy atom. The van der Waals surface area contributed by atoms with Crippen LogP contribution in [0.3, 0.4) is 0 Å². The maximum Gasteiger partial charge on any atom is 0.451 e. The molecule has 2 heterocycles. The zero-order chi connectivity index (χ0) is 19.5. The van der Waals surface area contributed by atoms with Crippen LogP contribution in [-0.2, 0) is 19.7 Å². The summed E-state index contributed by atoms with van der Waals surface area (Å²) in [4.78, 5) is 11.6. The number of aliphatic carboxylic acids is 1. The summed E-state index contributed by atoms with van der Waals surface area (Å²) in [7, 11) is -5.46. The van der Waals surface area contributed by atoms with Gasteiger partial charge in [-0.15, -0.1) is 0 Å². The molecular weight excluding hydrogens is 367 g/mol. The van der Waals surface area contributed by atoms with E-state index in [1.54, 1.807) is 0 Å². The lowest BCUT2D eigenvalue weighted by atomic mass is 9.78. The van der Waals surface area contributed by atoms with Crippen molar-refractivity contribution >= 4 is 23.3 Å². The number of nitrogens with zero attached hydrogens (tertiary/aromatic N) is 1. The number of ether oxygens (including phenoxy) is 1. The quantitative estimate of drug-likeness (QED) is 0.232. The van der Waals surface area contributed by atoms with Crippen molar-refractivity contribution in [2.45, 2.75) is 43.2 Å². The summed E-state index contributed by atoms with van der Waals surface area (Å²) < 4.78 is 34.1.